The van der Waals surface area contributed by atoms with Gasteiger partial charge in [0.05, 0.1) is 26.2 Å². The highest BCUT2D eigenvalue weighted by atomic mass is 16.5. The van der Waals surface area contributed by atoms with Gasteiger partial charge in [-0.1, -0.05) is 11.2 Å². The Morgan fingerprint density at radius 1 is 1.20 bits per heavy atom. The number of nitrogens with zero attached hydrogens (tertiary/aromatic N) is 2. The molecule has 2 rings (SSSR count). The predicted molar refractivity (Wildman–Crippen MR) is 73.9 cm³/mol. The molecule has 0 spiro atoms. The number of rotatable bonds is 5. The highest BCUT2D eigenvalue weighted by Gasteiger charge is 2.21. The van der Waals surface area contributed by atoms with Crippen molar-refractivity contribution in [1.29, 1.82) is 0 Å². The highest BCUT2D eigenvalue weighted by molar-refractivity contribution is 5.43. The van der Waals surface area contributed by atoms with Gasteiger partial charge in [0.2, 0.25) is 5.89 Å². The Labute approximate surface area is 117 Å². The molecule has 0 atom stereocenters. The monoisotopic (exact) mass is 277 g/mol. The van der Waals surface area contributed by atoms with E-state index in [0.29, 0.717) is 29.6 Å². The molecule has 0 saturated heterocycles. The van der Waals surface area contributed by atoms with Crippen LogP contribution < -0.4 is 15.2 Å². The molecular weight excluding hydrogens is 258 g/mol. The molecule has 0 amide bonds. The standard InChI is InChI=1S/C14H19N3O3/c1-14(2,15)13-16-12(20-17-13)8-9-5-6-10(18-3)11(7-9)19-4/h5-7H,8,15H2,1-4H3. The summed E-state index contributed by atoms with van der Waals surface area (Å²) in [5, 5.41) is 3.89. The zero-order valence-corrected chi connectivity index (χ0v) is 12.1. The molecule has 108 valence electrons. The minimum Gasteiger partial charge on any atom is -0.493 e. The van der Waals surface area contributed by atoms with Crippen molar-refractivity contribution in [2.75, 3.05) is 14.2 Å². The molecule has 20 heavy (non-hydrogen) atoms. The Morgan fingerprint density at radius 2 is 1.90 bits per heavy atom. The second-order valence-corrected chi connectivity index (χ2v) is 5.10. The summed E-state index contributed by atoms with van der Waals surface area (Å²) in [5.74, 6) is 2.37. The van der Waals surface area contributed by atoms with E-state index in [4.69, 9.17) is 19.7 Å². The lowest BCUT2D eigenvalue weighted by atomic mass is 10.1. The molecule has 0 aliphatic rings. The fraction of sp³-hybridized carbons (Fsp3) is 0.429. The van der Waals surface area contributed by atoms with Gasteiger partial charge in [-0.3, -0.25) is 0 Å². The van der Waals surface area contributed by atoms with Gasteiger partial charge in [0.15, 0.2) is 17.3 Å². The smallest absolute Gasteiger partial charge is 0.231 e. The molecule has 0 bridgehead atoms. The zero-order chi connectivity index (χ0) is 14.8. The number of hydrogen-bond donors (Lipinski definition) is 1. The van der Waals surface area contributed by atoms with E-state index < -0.39 is 5.54 Å². The first-order valence-electron chi connectivity index (χ1n) is 6.27. The van der Waals surface area contributed by atoms with Crippen molar-refractivity contribution < 1.29 is 14.0 Å². The Kier molecular flexibility index (Phi) is 3.94. The predicted octanol–water partition coefficient (Wildman–Crippen LogP) is 1.87. The zero-order valence-electron chi connectivity index (χ0n) is 12.1. The molecule has 2 aromatic rings. The van der Waals surface area contributed by atoms with Gasteiger partial charge in [0.25, 0.3) is 0 Å². The van der Waals surface area contributed by atoms with Crippen molar-refractivity contribution in [2.24, 2.45) is 5.73 Å². The maximum absolute atomic E-state index is 5.93. The normalized spacial score (nSPS) is 11.4. The van der Waals surface area contributed by atoms with E-state index in [2.05, 4.69) is 10.1 Å². The third-order valence-corrected chi connectivity index (χ3v) is 2.85. The maximum atomic E-state index is 5.93. The summed E-state index contributed by atoms with van der Waals surface area (Å²) in [7, 11) is 3.20. The average Bonchev–Trinajstić information content (AvgIpc) is 2.87. The van der Waals surface area contributed by atoms with Crippen LogP contribution >= 0.6 is 0 Å². The van der Waals surface area contributed by atoms with Crippen molar-refractivity contribution in [2.45, 2.75) is 25.8 Å². The molecule has 6 heteroatoms. The van der Waals surface area contributed by atoms with Gasteiger partial charge in [-0.05, 0) is 31.5 Å². The van der Waals surface area contributed by atoms with Crippen LogP contribution in [0.25, 0.3) is 0 Å². The van der Waals surface area contributed by atoms with Crippen molar-refractivity contribution in [1.82, 2.24) is 10.1 Å². The van der Waals surface area contributed by atoms with Crippen molar-refractivity contribution in [3.05, 3.63) is 35.5 Å². The van der Waals surface area contributed by atoms with Crippen LogP contribution in [-0.4, -0.2) is 24.4 Å². The number of ether oxygens (including phenoxy) is 2. The van der Waals surface area contributed by atoms with Gasteiger partial charge < -0.3 is 19.7 Å². The lowest BCUT2D eigenvalue weighted by molar-refractivity contribution is 0.353. The van der Waals surface area contributed by atoms with Crippen LogP contribution in [0.2, 0.25) is 0 Å². The van der Waals surface area contributed by atoms with Crippen LogP contribution in [0.5, 0.6) is 11.5 Å². The van der Waals surface area contributed by atoms with E-state index in [1.54, 1.807) is 14.2 Å². The lowest BCUT2D eigenvalue weighted by Gasteiger charge is -2.11. The number of hydrogen-bond acceptors (Lipinski definition) is 6. The van der Waals surface area contributed by atoms with Crippen LogP contribution in [0.3, 0.4) is 0 Å². The largest absolute Gasteiger partial charge is 0.493 e. The number of aromatic nitrogens is 2. The molecular formula is C14H19N3O3. The Bertz CT molecular complexity index is 588. The van der Waals surface area contributed by atoms with Crippen molar-refractivity contribution in [3.63, 3.8) is 0 Å². The van der Waals surface area contributed by atoms with E-state index in [0.717, 1.165) is 5.56 Å². The molecule has 6 nitrogen and oxygen atoms in total. The molecule has 0 aliphatic carbocycles. The second kappa shape index (κ2) is 5.50. The van der Waals surface area contributed by atoms with Gasteiger partial charge in [-0.15, -0.1) is 0 Å². The van der Waals surface area contributed by atoms with Crippen LogP contribution in [0.15, 0.2) is 22.7 Å². The summed E-state index contributed by atoms with van der Waals surface area (Å²) < 4.78 is 15.7. The first-order chi connectivity index (χ1) is 9.44. The van der Waals surface area contributed by atoms with Gasteiger partial charge in [0.1, 0.15) is 0 Å². The summed E-state index contributed by atoms with van der Waals surface area (Å²) in [5.41, 5.74) is 6.31. The third-order valence-electron chi connectivity index (χ3n) is 2.85. The quantitative estimate of drug-likeness (QED) is 0.898. The SMILES string of the molecule is COc1ccc(Cc2nc(C(C)(C)N)no2)cc1OC. The minimum atomic E-state index is -0.612. The van der Waals surface area contributed by atoms with Crippen molar-refractivity contribution in [3.8, 4) is 11.5 Å². The van der Waals surface area contributed by atoms with Gasteiger partial charge in [-0.2, -0.15) is 4.98 Å². The second-order valence-electron chi connectivity index (χ2n) is 5.10. The minimum absolute atomic E-state index is 0.493. The molecule has 1 aromatic carbocycles. The third kappa shape index (κ3) is 3.08. The number of benzene rings is 1. The number of methoxy groups -OCH3 is 2. The van der Waals surface area contributed by atoms with Gasteiger partial charge in [-0.25, -0.2) is 0 Å². The van der Waals surface area contributed by atoms with Crippen LogP contribution in [0, 0.1) is 0 Å². The van der Waals surface area contributed by atoms with Crippen molar-refractivity contribution >= 4 is 0 Å². The average molecular weight is 277 g/mol. The summed E-state index contributed by atoms with van der Waals surface area (Å²) in [4.78, 5) is 4.30. The van der Waals surface area contributed by atoms with E-state index >= 15 is 0 Å². The van der Waals surface area contributed by atoms with E-state index in [-0.39, 0.29) is 0 Å². The fourth-order valence-corrected chi connectivity index (χ4v) is 1.75. The summed E-state index contributed by atoms with van der Waals surface area (Å²) in [6, 6.07) is 5.66. The Hall–Kier alpha value is -2.08. The first kappa shape index (κ1) is 14.3. The fourth-order valence-electron chi connectivity index (χ4n) is 1.75. The molecule has 0 fully saturated rings. The van der Waals surface area contributed by atoms with Crippen LogP contribution in [-0.2, 0) is 12.0 Å². The summed E-state index contributed by atoms with van der Waals surface area (Å²) >= 11 is 0. The van der Waals surface area contributed by atoms with Crippen LogP contribution in [0.4, 0.5) is 0 Å². The summed E-state index contributed by atoms with van der Waals surface area (Å²) in [6.45, 7) is 3.66. The Morgan fingerprint density at radius 3 is 2.45 bits per heavy atom. The van der Waals surface area contributed by atoms with Gasteiger partial charge in [0, 0.05) is 0 Å². The number of nitrogens with two attached hydrogens (primary N) is 1. The Balaban J connectivity index is 2.20. The topological polar surface area (TPSA) is 83.4 Å². The molecule has 1 aromatic heterocycles. The highest BCUT2D eigenvalue weighted by Crippen LogP contribution is 2.28. The van der Waals surface area contributed by atoms with E-state index in [1.165, 1.54) is 0 Å². The van der Waals surface area contributed by atoms with Gasteiger partial charge >= 0.3 is 0 Å². The molecule has 2 N–H and O–H groups in total. The maximum Gasteiger partial charge on any atom is 0.231 e. The van der Waals surface area contributed by atoms with Crippen LogP contribution in [0.1, 0.15) is 31.1 Å². The summed E-state index contributed by atoms with van der Waals surface area (Å²) in [6.07, 6.45) is 0.517. The van der Waals surface area contributed by atoms with E-state index in [9.17, 15) is 0 Å². The lowest BCUT2D eigenvalue weighted by Crippen LogP contribution is -2.30. The first-order valence-corrected chi connectivity index (χ1v) is 6.27. The molecule has 1 heterocycles. The molecule has 0 radical (unpaired) electrons. The molecule has 0 aliphatic heterocycles. The van der Waals surface area contributed by atoms with E-state index in [1.807, 2.05) is 32.0 Å². The molecule has 0 saturated carbocycles. The molecule has 0 unspecified atom stereocenters.